The van der Waals surface area contributed by atoms with Gasteiger partial charge in [0, 0.05) is 51.2 Å². The Kier molecular flexibility index (Phi) is 5.97. The molecule has 0 aromatic carbocycles. The van der Waals surface area contributed by atoms with Crippen LogP contribution in [-0.4, -0.2) is 74.8 Å². The SMILES string of the molecule is CN=C(NCC1(C)COC1)N1CCN(C2CC3CCC2C3)CC1.I. The van der Waals surface area contributed by atoms with E-state index in [1.165, 1.54) is 38.8 Å². The van der Waals surface area contributed by atoms with Gasteiger partial charge in [0.1, 0.15) is 0 Å². The number of halogens is 1. The number of guanidine groups is 1. The summed E-state index contributed by atoms with van der Waals surface area (Å²) in [4.78, 5) is 9.72. The fraction of sp³-hybridized carbons (Fsp3) is 0.944. The van der Waals surface area contributed by atoms with Crippen LogP contribution in [0.1, 0.15) is 32.6 Å². The van der Waals surface area contributed by atoms with Crippen molar-refractivity contribution < 1.29 is 4.74 Å². The van der Waals surface area contributed by atoms with Gasteiger partial charge in [-0.25, -0.2) is 0 Å². The first kappa shape index (κ1) is 18.7. The minimum atomic E-state index is 0. The summed E-state index contributed by atoms with van der Waals surface area (Å²) in [5, 5.41) is 3.57. The number of hydrogen-bond acceptors (Lipinski definition) is 3. The van der Waals surface area contributed by atoms with Gasteiger partial charge in [-0.15, -0.1) is 24.0 Å². The number of nitrogens with one attached hydrogen (secondary N) is 1. The smallest absolute Gasteiger partial charge is 0.193 e. The monoisotopic (exact) mass is 448 g/mol. The van der Waals surface area contributed by atoms with Crippen molar-refractivity contribution >= 4 is 29.9 Å². The summed E-state index contributed by atoms with van der Waals surface area (Å²) in [6.07, 6.45) is 5.96. The fourth-order valence-electron chi connectivity index (χ4n) is 5.10. The number of fused-ring (bicyclic) bond motifs is 2. The summed E-state index contributed by atoms with van der Waals surface area (Å²) in [5.74, 6) is 3.12. The summed E-state index contributed by atoms with van der Waals surface area (Å²) in [7, 11) is 1.91. The molecule has 6 heteroatoms. The highest BCUT2D eigenvalue weighted by Gasteiger charge is 2.43. The molecule has 0 spiro atoms. The molecule has 2 saturated heterocycles. The van der Waals surface area contributed by atoms with Crippen LogP contribution in [0.3, 0.4) is 0 Å². The van der Waals surface area contributed by atoms with E-state index in [-0.39, 0.29) is 24.0 Å². The van der Waals surface area contributed by atoms with E-state index in [0.717, 1.165) is 56.7 Å². The van der Waals surface area contributed by atoms with Crippen LogP contribution >= 0.6 is 24.0 Å². The molecular formula is C18H33IN4O. The topological polar surface area (TPSA) is 40.1 Å². The molecule has 0 aromatic rings. The fourth-order valence-corrected chi connectivity index (χ4v) is 5.10. The van der Waals surface area contributed by atoms with Crippen LogP contribution in [0, 0.1) is 17.3 Å². The maximum atomic E-state index is 5.34. The number of rotatable bonds is 3. The minimum absolute atomic E-state index is 0. The summed E-state index contributed by atoms with van der Waals surface area (Å²) < 4.78 is 5.34. The molecule has 2 bridgehead atoms. The third-order valence-electron chi connectivity index (χ3n) is 6.57. The Balaban J connectivity index is 0.00000169. The Morgan fingerprint density at radius 1 is 1.17 bits per heavy atom. The Hall–Kier alpha value is -0.0800. The number of aliphatic imine (C=N–C) groups is 1. The molecule has 4 fully saturated rings. The zero-order valence-corrected chi connectivity index (χ0v) is 17.5. The van der Waals surface area contributed by atoms with Crippen molar-refractivity contribution in [2.24, 2.45) is 22.2 Å². The number of ether oxygens (including phenoxy) is 1. The number of nitrogens with zero attached hydrogens (tertiary/aromatic N) is 3. The molecule has 1 N–H and O–H groups in total. The van der Waals surface area contributed by atoms with Crippen LogP contribution < -0.4 is 5.32 Å². The van der Waals surface area contributed by atoms with E-state index < -0.39 is 0 Å². The molecular weight excluding hydrogens is 415 g/mol. The lowest BCUT2D eigenvalue weighted by molar-refractivity contribution is -0.0973. The van der Waals surface area contributed by atoms with Crippen molar-refractivity contribution in [2.75, 3.05) is 53.0 Å². The van der Waals surface area contributed by atoms with Gasteiger partial charge in [-0.3, -0.25) is 9.89 Å². The predicted octanol–water partition coefficient (Wildman–Crippen LogP) is 2.02. The van der Waals surface area contributed by atoms with Gasteiger partial charge in [0.15, 0.2) is 5.96 Å². The molecule has 0 amide bonds. The number of piperazine rings is 1. The Labute approximate surface area is 163 Å². The number of hydrogen-bond donors (Lipinski definition) is 1. The molecule has 24 heavy (non-hydrogen) atoms. The normalized spacial score (nSPS) is 35.5. The summed E-state index contributed by atoms with van der Waals surface area (Å²) in [6.45, 7) is 9.62. The van der Waals surface area contributed by atoms with Crippen LogP contribution in [-0.2, 0) is 4.74 Å². The van der Waals surface area contributed by atoms with Crippen molar-refractivity contribution in [3.63, 3.8) is 0 Å². The van der Waals surface area contributed by atoms with Crippen LogP contribution in [0.15, 0.2) is 4.99 Å². The molecule has 4 rings (SSSR count). The van der Waals surface area contributed by atoms with Gasteiger partial charge in [0.05, 0.1) is 13.2 Å². The van der Waals surface area contributed by atoms with E-state index in [4.69, 9.17) is 4.74 Å². The van der Waals surface area contributed by atoms with Crippen molar-refractivity contribution in [3.8, 4) is 0 Å². The second-order valence-corrected chi connectivity index (χ2v) is 8.47. The van der Waals surface area contributed by atoms with Gasteiger partial charge in [-0.1, -0.05) is 13.3 Å². The van der Waals surface area contributed by atoms with Gasteiger partial charge in [0.25, 0.3) is 0 Å². The molecule has 4 aliphatic rings. The molecule has 0 radical (unpaired) electrons. The lowest BCUT2D eigenvalue weighted by Crippen LogP contribution is -2.57. The zero-order chi connectivity index (χ0) is 15.9. The first-order valence-corrected chi connectivity index (χ1v) is 9.44. The van der Waals surface area contributed by atoms with Gasteiger partial charge in [-0.05, 0) is 31.1 Å². The van der Waals surface area contributed by atoms with E-state index in [9.17, 15) is 0 Å². The molecule has 2 heterocycles. The van der Waals surface area contributed by atoms with Gasteiger partial charge >= 0.3 is 0 Å². The predicted molar refractivity (Wildman–Crippen MR) is 108 cm³/mol. The second kappa shape index (κ2) is 7.66. The van der Waals surface area contributed by atoms with E-state index in [0.29, 0.717) is 5.41 Å². The molecule has 5 nitrogen and oxygen atoms in total. The third-order valence-corrected chi connectivity index (χ3v) is 6.57. The highest BCUT2D eigenvalue weighted by molar-refractivity contribution is 14.0. The first-order valence-electron chi connectivity index (χ1n) is 9.44. The standard InChI is InChI=1S/C18H32N4O.HI/c1-18(12-23-13-18)11-20-17(19-2)22-7-5-21(6-8-22)16-10-14-3-4-15(16)9-14;/h14-16H,3-13H2,1-2H3,(H,19,20);1H. The largest absolute Gasteiger partial charge is 0.380 e. The lowest BCUT2D eigenvalue weighted by atomic mass is 9.89. The zero-order valence-electron chi connectivity index (χ0n) is 15.2. The van der Waals surface area contributed by atoms with Gasteiger partial charge in [0.2, 0.25) is 0 Å². The minimum Gasteiger partial charge on any atom is -0.380 e. The average Bonchev–Trinajstić information content (AvgIpc) is 3.17. The maximum Gasteiger partial charge on any atom is 0.193 e. The summed E-state index contributed by atoms with van der Waals surface area (Å²) in [6, 6.07) is 0.886. The van der Waals surface area contributed by atoms with Crippen molar-refractivity contribution in [2.45, 2.75) is 38.6 Å². The molecule has 3 atom stereocenters. The quantitative estimate of drug-likeness (QED) is 0.408. The highest BCUT2D eigenvalue weighted by Crippen LogP contribution is 2.46. The Bertz CT molecular complexity index is 460. The Morgan fingerprint density at radius 2 is 1.92 bits per heavy atom. The molecule has 2 aliphatic carbocycles. The summed E-state index contributed by atoms with van der Waals surface area (Å²) >= 11 is 0. The molecule has 2 saturated carbocycles. The third kappa shape index (κ3) is 3.70. The van der Waals surface area contributed by atoms with Crippen molar-refractivity contribution in [3.05, 3.63) is 0 Å². The Morgan fingerprint density at radius 3 is 2.42 bits per heavy atom. The molecule has 2 aliphatic heterocycles. The molecule has 138 valence electrons. The van der Waals surface area contributed by atoms with Gasteiger partial charge < -0.3 is 15.0 Å². The van der Waals surface area contributed by atoms with Gasteiger partial charge in [-0.2, -0.15) is 0 Å². The van der Waals surface area contributed by atoms with E-state index in [1.54, 1.807) is 0 Å². The average molecular weight is 448 g/mol. The van der Waals surface area contributed by atoms with Crippen LogP contribution in [0.25, 0.3) is 0 Å². The van der Waals surface area contributed by atoms with E-state index in [1.807, 2.05) is 7.05 Å². The summed E-state index contributed by atoms with van der Waals surface area (Å²) in [5.41, 5.74) is 0.293. The second-order valence-electron chi connectivity index (χ2n) is 8.47. The van der Waals surface area contributed by atoms with Crippen molar-refractivity contribution in [1.82, 2.24) is 15.1 Å². The van der Waals surface area contributed by atoms with Crippen LogP contribution in [0.5, 0.6) is 0 Å². The molecule has 3 unspecified atom stereocenters. The van der Waals surface area contributed by atoms with Crippen LogP contribution in [0.2, 0.25) is 0 Å². The van der Waals surface area contributed by atoms with Crippen LogP contribution in [0.4, 0.5) is 0 Å². The van der Waals surface area contributed by atoms with E-state index >= 15 is 0 Å². The molecule has 0 aromatic heterocycles. The highest BCUT2D eigenvalue weighted by atomic mass is 127. The van der Waals surface area contributed by atoms with Crippen molar-refractivity contribution in [1.29, 1.82) is 0 Å². The first-order chi connectivity index (χ1) is 11.2. The lowest BCUT2D eigenvalue weighted by Gasteiger charge is -2.43. The maximum absolute atomic E-state index is 5.34. The van der Waals surface area contributed by atoms with E-state index in [2.05, 4.69) is 27.0 Å².